The maximum absolute atomic E-state index is 10.9. The molecular formula is C11H16N4O4. The second-order valence-electron chi connectivity index (χ2n) is 4.84. The Bertz CT molecular complexity index is 525. The van der Waals surface area contributed by atoms with Crippen LogP contribution in [0.2, 0.25) is 0 Å². The Morgan fingerprint density at radius 3 is 2.79 bits per heavy atom. The number of nitrogens with zero attached hydrogens (tertiary/aromatic N) is 3. The van der Waals surface area contributed by atoms with Crippen molar-refractivity contribution in [1.82, 2.24) is 9.55 Å². The number of hydrogen-bond acceptors (Lipinski definition) is 5. The Morgan fingerprint density at radius 2 is 2.26 bits per heavy atom. The zero-order valence-electron chi connectivity index (χ0n) is 10.8. The molecule has 2 atom stereocenters. The number of carbonyl (C=O) groups is 1. The van der Waals surface area contributed by atoms with Crippen molar-refractivity contribution in [3.8, 4) is 0 Å². The first-order valence-corrected chi connectivity index (χ1v) is 6.07. The van der Waals surface area contributed by atoms with Crippen molar-refractivity contribution in [3.05, 3.63) is 15.9 Å². The number of aromatic nitrogens is 2. The van der Waals surface area contributed by atoms with Crippen LogP contribution in [0, 0.1) is 23.0 Å². The van der Waals surface area contributed by atoms with Crippen molar-refractivity contribution >= 4 is 17.6 Å². The highest BCUT2D eigenvalue weighted by Gasteiger charge is 2.32. The molecule has 1 fully saturated rings. The Hall–Kier alpha value is -2.12. The maximum atomic E-state index is 10.9. The van der Waals surface area contributed by atoms with Gasteiger partial charge in [-0.3, -0.25) is 9.36 Å². The summed E-state index contributed by atoms with van der Waals surface area (Å²) in [5.41, 5.74) is 0. The summed E-state index contributed by atoms with van der Waals surface area (Å²) in [5.74, 6) is -0.495. The lowest BCUT2D eigenvalue weighted by molar-refractivity contribution is -0.388. The van der Waals surface area contributed by atoms with E-state index in [9.17, 15) is 14.9 Å². The first kappa shape index (κ1) is 13.3. The molecule has 0 bridgehead atoms. The third-order valence-corrected chi connectivity index (χ3v) is 3.60. The predicted molar refractivity (Wildman–Crippen MR) is 67.0 cm³/mol. The first-order valence-electron chi connectivity index (χ1n) is 6.07. The molecule has 0 spiro atoms. The molecule has 8 nitrogen and oxygen atoms in total. The average Bonchev–Trinajstić information content (AvgIpc) is 2.89. The van der Waals surface area contributed by atoms with Crippen molar-refractivity contribution in [3.63, 3.8) is 0 Å². The molecule has 0 aromatic carbocycles. The summed E-state index contributed by atoms with van der Waals surface area (Å²) < 4.78 is 1.62. The van der Waals surface area contributed by atoms with Gasteiger partial charge in [-0.25, -0.2) is 0 Å². The monoisotopic (exact) mass is 268 g/mol. The minimum atomic E-state index is -0.806. The van der Waals surface area contributed by atoms with E-state index in [4.69, 9.17) is 5.11 Å². The predicted octanol–water partition coefficient (Wildman–Crippen LogP) is 1.30. The molecule has 0 amide bonds. The number of aryl methyl sites for hydroxylation is 1. The molecule has 1 aromatic heterocycles. The number of nitro groups is 1. The van der Waals surface area contributed by atoms with Gasteiger partial charge in [-0.05, 0) is 29.2 Å². The summed E-state index contributed by atoms with van der Waals surface area (Å²) >= 11 is 0. The number of carboxylic acids is 1. The molecule has 104 valence electrons. The van der Waals surface area contributed by atoms with Gasteiger partial charge in [-0.1, -0.05) is 0 Å². The lowest BCUT2D eigenvalue weighted by Gasteiger charge is -2.13. The van der Waals surface area contributed by atoms with Gasteiger partial charge in [0.15, 0.2) is 0 Å². The lowest BCUT2D eigenvalue weighted by atomic mass is 10.1. The molecule has 1 saturated carbocycles. The van der Waals surface area contributed by atoms with Gasteiger partial charge in [-0.2, -0.15) is 0 Å². The van der Waals surface area contributed by atoms with Gasteiger partial charge in [-0.15, -0.1) is 0 Å². The van der Waals surface area contributed by atoms with Crippen LogP contribution in [-0.4, -0.2) is 31.6 Å². The summed E-state index contributed by atoms with van der Waals surface area (Å²) in [6.45, 7) is 1.69. The van der Waals surface area contributed by atoms with Crippen LogP contribution in [0.15, 0.2) is 0 Å². The van der Waals surface area contributed by atoms with E-state index in [2.05, 4.69) is 10.3 Å². The van der Waals surface area contributed by atoms with E-state index in [-0.39, 0.29) is 17.8 Å². The lowest BCUT2D eigenvalue weighted by Crippen LogP contribution is -2.20. The molecule has 0 saturated heterocycles. The number of aliphatic carboxylic acids is 1. The van der Waals surface area contributed by atoms with Crippen LogP contribution < -0.4 is 5.32 Å². The fourth-order valence-electron chi connectivity index (χ4n) is 2.41. The van der Waals surface area contributed by atoms with Crippen LogP contribution in [-0.2, 0) is 11.8 Å². The molecule has 1 aromatic rings. The fourth-order valence-corrected chi connectivity index (χ4v) is 2.41. The summed E-state index contributed by atoms with van der Waals surface area (Å²) in [6, 6.07) is -0.0606. The maximum Gasteiger partial charge on any atom is 0.406 e. The van der Waals surface area contributed by atoms with Crippen LogP contribution in [0.5, 0.6) is 0 Å². The number of imidazole rings is 1. The summed E-state index contributed by atoms with van der Waals surface area (Å²) in [4.78, 5) is 25.2. The summed E-state index contributed by atoms with van der Waals surface area (Å²) in [7, 11) is 1.70. The van der Waals surface area contributed by atoms with Crippen LogP contribution in [0.25, 0.3) is 0 Å². The van der Waals surface area contributed by atoms with Gasteiger partial charge in [0.1, 0.15) is 0 Å². The quantitative estimate of drug-likeness (QED) is 0.629. The fraction of sp³-hybridized carbons (Fsp3) is 0.636. The largest absolute Gasteiger partial charge is 0.481 e. The summed E-state index contributed by atoms with van der Waals surface area (Å²) in [6.07, 6.45) is 1.77. The molecule has 2 rings (SSSR count). The highest BCUT2D eigenvalue weighted by molar-refractivity contribution is 5.70. The Labute approximate surface area is 109 Å². The number of carboxylic acid groups (broad SMARTS) is 1. The molecule has 1 aliphatic carbocycles. The zero-order valence-corrected chi connectivity index (χ0v) is 10.8. The van der Waals surface area contributed by atoms with Crippen molar-refractivity contribution in [1.29, 1.82) is 0 Å². The van der Waals surface area contributed by atoms with E-state index in [1.165, 1.54) is 0 Å². The standard InChI is InChI=1S/C11H16N4O4/c1-6-12-10(15(18)19)9(14(6)2)13-8-4-3-7(5-8)11(16)17/h7-8,13H,3-5H2,1-2H3,(H,16,17). The van der Waals surface area contributed by atoms with E-state index in [1.807, 2.05) is 0 Å². The number of hydrogen-bond donors (Lipinski definition) is 2. The van der Waals surface area contributed by atoms with Crippen molar-refractivity contribution in [2.75, 3.05) is 5.32 Å². The highest BCUT2D eigenvalue weighted by Crippen LogP contribution is 2.31. The van der Waals surface area contributed by atoms with Crippen LogP contribution in [0.4, 0.5) is 11.6 Å². The van der Waals surface area contributed by atoms with E-state index < -0.39 is 10.9 Å². The topological polar surface area (TPSA) is 110 Å². The van der Waals surface area contributed by atoms with Crippen LogP contribution in [0.1, 0.15) is 25.1 Å². The van der Waals surface area contributed by atoms with Crippen molar-refractivity contribution in [2.45, 2.75) is 32.2 Å². The zero-order chi connectivity index (χ0) is 14.2. The molecule has 2 N–H and O–H groups in total. The molecule has 1 heterocycles. The summed E-state index contributed by atoms with van der Waals surface area (Å²) in [5, 5.41) is 22.9. The van der Waals surface area contributed by atoms with Gasteiger partial charge >= 0.3 is 11.8 Å². The second-order valence-corrected chi connectivity index (χ2v) is 4.84. The molecule has 1 aliphatic rings. The van der Waals surface area contributed by atoms with Crippen LogP contribution >= 0.6 is 0 Å². The van der Waals surface area contributed by atoms with Crippen molar-refractivity contribution in [2.24, 2.45) is 13.0 Å². The smallest absolute Gasteiger partial charge is 0.406 e. The molecule has 0 radical (unpaired) electrons. The normalized spacial score (nSPS) is 22.4. The van der Waals surface area contributed by atoms with Crippen LogP contribution in [0.3, 0.4) is 0 Å². The minimum absolute atomic E-state index is 0.0606. The van der Waals surface area contributed by atoms with E-state index in [0.29, 0.717) is 30.9 Å². The molecule has 8 heteroatoms. The Morgan fingerprint density at radius 1 is 1.58 bits per heavy atom. The number of rotatable bonds is 4. The second kappa shape index (κ2) is 4.87. The Kier molecular flexibility index (Phi) is 3.41. The van der Waals surface area contributed by atoms with E-state index >= 15 is 0 Å². The SMILES string of the molecule is Cc1nc([N+](=O)[O-])c(NC2CCC(C(=O)O)C2)n1C. The van der Waals surface area contributed by atoms with Gasteiger partial charge < -0.3 is 20.5 Å². The molecule has 0 aliphatic heterocycles. The third-order valence-electron chi connectivity index (χ3n) is 3.60. The van der Waals surface area contributed by atoms with Gasteiger partial charge in [0.2, 0.25) is 11.6 Å². The molecule has 19 heavy (non-hydrogen) atoms. The van der Waals surface area contributed by atoms with Gasteiger partial charge in [0, 0.05) is 20.0 Å². The first-order chi connectivity index (χ1) is 8.90. The van der Waals surface area contributed by atoms with E-state index in [0.717, 1.165) is 0 Å². The molecule has 2 unspecified atom stereocenters. The third kappa shape index (κ3) is 2.51. The van der Waals surface area contributed by atoms with Gasteiger partial charge in [0.25, 0.3) is 0 Å². The number of anilines is 1. The highest BCUT2D eigenvalue weighted by atomic mass is 16.6. The minimum Gasteiger partial charge on any atom is -0.481 e. The van der Waals surface area contributed by atoms with Gasteiger partial charge in [0.05, 0.1) is 5.92 Å². The number of nitrogens with one attached hydrogen (secondary N) is 1. The Balaban J connectivity index is 2.16. The van der Waals surface area contributed by atoms with Crippen molar-refractivity contribution < 1.29 is 14.8 Å². The average molecular weight is 268 g/mol. The molecular weight excluding hydrogens is 252 g/mol. The van der Waals surface area contributed by atoms with E-state index in [1.54, 1.807) is 18.5 Å².